The van der Waals surface area contributed by atoms with Crippen molar-refractivity contribution in [1.82, 2.24) is 10.6 Å². The van der Waals surface area contributed by atoms with Crippen molar-refractivity contribution >= 4 is 35.1 Å². The molecule has 0 aliphatic carbocycles. The molecule has 10 nitrogen and oxygen atoms in total. The summed E-state index contributed by atoms with van der Waals surface area (Å²) in [5.41, 5.74) is 6.19. The first-order valence-electron chi connectivity index (χ1n) is 7.49. The van der Waals surface area contributed by atoms with Crippen molar-refractivity contribution < 1.29 is 23.9 Å². The summed E-state index contributed by atoms with van der Waals surface area (Å²) < 4.78 is 5.07. The molecule has 1 aliphatic heterocycles. The lowest BCUT2D eigenvalue weighted by Crippen LogP contribution is -2.53. The second kappa shape index (κ2) is 8.11. The van der Waals surface area contributed by atoms with Crippen LogP contribution in [-0.4, -0.2) is 56.6 Å². The van der Waals surface area contributed by atoms with E-state index in [4.69, 9.17) is 10.5 Å². The molecule has 5 amide bonds. The van der Waals surface area contributed by atoms with Crippen LogP contribution in [0.1, 0.15) is 0 Å². The first-order chi connectivity index (χ1) is 11.9. The lowest BCUT2D eigenvalue weighted by Gasteiger charge is -2.27. The molecule has 1 atom stereocenters. The Morgan fingerprint density at radius 2 is 1.92 bits per heavy atom. The van der Waals surface area contributed by atoms with Gasteiger partial charge in [0, 0.05) is 25.0 Å². The first kappa shape index (κ1) is 18.2. The molecule has 1 heterocycles. The highest BCUT2D eigenvalue weighted by Gasteiger charge is 2.26. The van der Waals surface area contributed by atoms with E-state index in [0.717, 1.165) is 0 Å². The van der Waals surface area contributed by atoms with Crippen LogP contribution in [0.4, 0.5) is 16.2 Å². The minimum Gasteiger partial charge on any atom is -0.370 e. The molecule has 1 saturated heterocycles. The molecule has 0 radical (unpaired) electrons. The summed E-state index contributed by atoms with van der Waals surface area (Å²) in [5.74, 6) is -1.91. The van der Waals surface area contributed by atoms with E-state index < -0.39 is 23.9 Å². The average Bonchev–Trinajstić information content (AvgIpc) is 2.60. The molecule has 1 aliphatic rings. The van der Waals surface area contributed by atoms with E-state index >= 15 is 0 Å². The molecule has 10 heteroatoms. The zero-order chi connectivity index (χ0) is 18.4. The van der Waals surface area contributed by atoms with E-state index in [1.165, 1.54) is 7.05 Å². The largest absolute Gasteiger partial charge is 0.370 e. The predicted octanol–water partition coefficient (Wildman–Crippen LogP) is -1.23. The van der Waals surface area contributed by atoms with Crippen LogP contribution in [0.25, 0.3) is 0 Å². The summed E-state index contributed by atoms with van der Waals surface area (Å²) in [6.07, 6.45) is 0. The fourth-order valence-corrected chi connectivity index (χ4v) is 2.20. The van der Waals surface area contributed by atoms with Gasteiger partial charge >= 0.3 is 6.03 Å². The van der Waals surface area contributed by atoms with Crippen LogP contribution in [0, 0.1) is 0 Å². The summed E-state index contributed by atoms with van der Waals surface area (Å²) in [5, 5.41) is 6.87. The number of urea groups is 1. The Balaban J connectivity index is 2.04. The van der Waals surface area contributed by atoms with Crippen LogP contribution in [0.15, 0.2) is 24.3 Å². The lowest BCUT2D eigenvalue weighted by molar-refractivity contribution is -0.128. The molecule has 1 fully saturated rings. The predicted molar refractivity (Wildman–Crippen MR) is 88.8 cm³/mol. The number of carbonyl (C=O) groups is 4. The third-order valence-electron chi connectivity index (χ3n) is 3.48. The summed E-state index contributed by atoms with van der Waals surface area (Å²) in [4.78, 5) is 48.1. The van der Waals surface area contributed by atoms with Crippen molar-refractivity contribution in [2.75, 3.05) is 37.0 Å². The van der Waals surface area contributed by atoms with E-state index in [-0.39, 0.29) is 12.5 Å². The Morgan fingerprint density at radius 3 is 2.48 bits per heavy atom. The molecule has 25 heavy (non-hydrogen) atoms. The number of ether oxygens (including phenoxy) is 1. The smallest absolute Gasteiger partial charge is 0.315 e. The maximum Gasteiger partial charge on any atom is 0.315 e. The van der Waals surface area contributed by atoms with Gasteiger partial charge in [0.1, 0.15) is 6.61 Å². The number of nitrogens with one attached hydrogen (secondary N) is 3. The maximum absolute atomic E-state index is 12.1. The average molecular weight is 349 g/mol. The second-order valence-electron chi connectivity index (χ2n) is 5.19. The molecule has 134 valence electrons. The fourth-order valence-electron chi connectivity index (χ4n) is 2.20. The van der Waals surface area contributed by atoms with E-state index in [1.54, 1.807) is 29.2 Å². The highest BCUT2D eigenvalue weighted by Crippen LogP contribution is 2.19. The summed E-state index contributed by atoms with van der Waals surface area (Å²) in [7, 11) is 1.34. The highest BCUT2D eigenvalue weighted by molar-refractivity contribution is 6.11. The summed E-state index contributed by atoms with van der Waals surface area (Å²) in [6, 6.07) is 4.25. The Labute approximate surface area is 143 Å². The standard InChI is InChI=1S/C15H19N5O5/c1-17-15(24)19-12(13(16)22)14(23)18-9-2-4-10(5-3-9)20-6-7-25-8-11(20)21/h2-5,12H,6-8H2,1H3,(H2,16,22)(H,18,23)(H2,17,19,24)/t12-/m1/s1. The van der Waals surface area contributed by atoms with E-state index in [1.807, 2.05) is 0 Å². The van der Waals surface area contributed by atoms with Crippen LogP contribution < -0.4 is 26.6 Å². The number of morpholine rings is 1. The van der Waals surface area contributed by atoms with Gasteiger partial charge in [-0.05, 0) is 24.3 Å². The molecular weight excluding hydrogens is 330 g/mol. The second-order valence-corrected chi connectivity index (χ2v) is 5.19. The van der Waals surface area contributed by atoms with Gasteiger partial charge in [0.25, 0.3) is 11.8 Å². The molecule has 1 aromatic rings. The number of benzene rings is 1. The normalized spacial score (nSPS) is 15.2. The van der Waals surface area contributed by atoms with Gasteiger partial charge in [0.2, 0.25) is 5.91 Å². The van der Waals surface area contributed by atoms with Gasteiger partial charge in [-0.3, -0.25) is 14.4 Å². The number of nitrogens with zero attached hydrogens (tertiary/aromatic N) is 1. The number of hydrogen-bond donors (Lipinski definition) is 4. The molecule has 0 bridgehead atoms. The minimum atomic E-state index is -1.51. The van der Waals surface area contributed by atoms with Gasteiger partial charge in [-0.1, -0.05) is 0 Å². The van der Waals surface area contributed by atoms with Crippen LogP contribution >= 0.6 is 0 Å². The van der Waals surface area contributed by atoms with Crippen LogP contribution in [0.2, 0.25) is 0 Å². The van der Waals surface area contributed by atoms with Gasteiger partial charge < -0.3 is 31.3 Å². The van der Waals surface area contributed by atoms with Crippen molar-refractivity contribution in [3.05, 3.63) is 24.3 Å². The van der Waals surface area contributed by atoms with Gasteiger partial charge in [0.05, 0.1) is 6.61 Å². The molecular formula is C15H19N5O5. The third-order valence-corrected chi connectivity index (χ3v) is 3.48. The SMILES string of the molecule is CNC(=O)N[C@H](C(N)=O)C(=O)Nc1ccc(N2CCOCC2=O)cc1. The van der Waals surface area contributed by atoms with Crippen LogP contribution in [-0.2, 0) is 19.1 Å². The van der Waals surface area contributed by atoms with E-state index in [9.17, 15) is 19.2 Å². The number of nitrogens with two attached hydrogens (primary N) is 1. The van der Waals surface area contributed by atoms with Crippen molar-refractivity contribution in [3.63, 3.8) is 0 Å². The number of rotatable bonds is 5. The van der Waals surface area contributed by atoms with Crippen molar-refractivity contribution in [1.29, 1.82) is 0 Å². The quantitative estimate of drug-likeness (QED) is 0.492. The molecule has 0 unspecified atom stereocenters. The number of carbonyl (C=O) groups excluding carboxylic acids is 4. The number of anilines is 2. The monoisotopic (exact) mass is 349 g/mol. The Kier molecular flexibility index (Phi) is 5.90. The van der Waals surface area contributed by atoms with E-state index in [0.29, 0.717) is 24.5 Å². The van der Waals surface area contributed by atoms with Crippen molar-refractivity contribution in [2.24, 2.45) is 5.73 Å². The molecule has 0 saturated carbocycles. The summed E-state index contributed by atoms with van der Waals surface area (Å²) in [6.45, 7) is 0.934. The highest BCUT2D eigenvalue weighted by atomic mass is 16.5. The molecule has 0 spiro atoms. The molecule has 5 N–H and O–H groups in total. The van der Waals surface area contributed by atoms with Gasteiger partial charge in [-0.25, -0.2) is 4.79 Å². The fraction of sp³-hybridized carbons (Fsp3) is 0.333. The Hall–Kier alpha value is -3.14. The zero-order valence-electron chi connectivity index (χ0n) is 13.6. The first-order valence-corrected chi connectivity index (χ1v) is 7.49. The van der Waals surface area contributed by atoms with Gasteiger partial charge in [0.15, 0.2) is 6.04 Å². The van der Waals surface area contributed by atoms with Crippen molar-refractivity contribution in [2.45, 2.75) is 6.04 Å². The van der Waals surface area contributed by atoms with Gasteiger partial charge in [-0.2, -0.15) is 0 Å². The number of primary amides is 1. The Morgan fingerprint density at radius 1 is 1.24 bits per heavy atom. The zero-order valence-corrected chi connectivity index (χ0v) is 13.6. The molecule has 1 aromatic carbocycles. The van der Waals surface area contributed by atoms with Crippen molar-refractivity contribution in [3.8, 4) is 0 Å². The molecule has 2 rings (SSSR count). The third kappa shape index (κ3) is 4.67. The molecule has 0 aromatic heterocycles. The van der Waals surface area contributed by atoms with Gasteiger partial charge in [-0.15, -0.1) is 0 Å². The van der Waals surface area contributed by atoms with Crippen LogP contribution in [0.5, 0.6) is 0 Å². The maximum atomic E-state index is 12.1. The topological polar surface area (TPSA) is 143 Å². The van der Waals surface area contributed by atoms with Crippen LogP contribution in [0.3, 0.4) is 0 Å². The number of amides is 5. The minimum absolute atomic E-state index is 0.0317. The van der Waals surface area contributed by atoms with E-state index in [2.05, 4.69) is 16.0 Å². The lowest BCUT2D eigenvalue weighted by atomic mass is 10.2. The Bertz CT molecular complexity index is 675. The number of hydrogen-bond acceptors (Lipinski definition) is 5. The summed E-state index contributed by atoms with van der Waals surface area (Å²) >= 11 is 0.